The molecule has 2 aromatic carbocycles. The van der Waals surface area contributed by atoms with E-state index in [1.807, 2.05) is 17.1 Å². The van der Waals surface area contributed by atoms with Crippen molar-refractivity contribution < 1.29 is 9.66 Å². The second-order valence-electron chi connectivity index (χ2n) is 6.96. The van der Waals surface area contributed by atoms with Gasteiger partial charge >= 0.3 is 5.69 Å². The predicted octanol–water partition coefficient (Wildman–Crippen LogP) is 5.97. The Kier molecular flexibility index (Phi) is 8.45. The summed E-state index contributed by atoms with van der Waals surface area (Å²) in [5.41, 5.74) is 3.88. The number of methoxy groups -OCH3 is 1. The Morgan fingerprint density at radius 1 is 1.13 bits per heavy atom. The average Bonchev–Trinajstić information content (AvgIpc) is 3.29. The molecule has 0 bridgehead atoms. The second-order valence-corrected chi connectivity index (χ2v) is 8.92. The number of thioether (sulfide) groups is 1. The molecule has 0 saturated carbocycles. The molecule has 0 radical (unpaired) electrons. The Bertz CT molecular complexity index is 1000. The lowest BCUT2D eigenvalue weighted by Gasteiger charge is -2.17. The van der Waals surface area contributed by atoms with Gasteiger partial charge in [0.15, 0.2) is 5.75 Å². The van der Waals surface area contributed by atoms with Crippen LogP contribution >= 0.6 is 23.1 Å². The summed E-state index contributed by atoms with van der Waals surface area (Å²) in [4.78, 5) is 18.0. The summed E-state index contributed by atoms with van der Waals surface area (Å²) in [5, 5.41) is 14.0. The molecule has 0 spiro atoms. The molecule has 31 heavy (non-hydrogen) atoms. The van der Waals surface area contributed by atoms with Gasteiger partial charge in [0.25, 0.3) is 0 Å². The highest BCUT2D eigenvalue weighted by Crippen LogP contribution is 2.35. The minimum atomic E-state index is -0.435. The maximum absolute atomic E-state index is 11.3. The molecule has 0 amide bonds. The van der Waals surface area contributed by atoms with Crippen LogP contribution < -0.4 is 4.74 Å². The smallest absolute Gasteiger partial charge is 0.311 e. The molecule has 1 aromatic heterocycles. The molecule has 1 heterocycles. The van der Waals surface area contributed by atoms with Crippen LogP contribution in [-0.2, 0) is 5.75 Å². The number of hydrogen-bond acceptors (Lipinski definition) is 7. The van der Waals surface area contributed by atoms with Crippen LogP contribution in [0.5, 0.6) is 5.75 Å². The van der Waals surface area contributed by atoms with E-state index in [1.54, 1.807) is 12.1 Å². The lowest BCUT2D eigenvalue weighted by atomic mass is 10.1. The van der Waals surface area contributed by atoms with Gasteiger partial charge in [-0.15, -0.1) is 11.3 Å². The SMILES string of the molecule is CCN(CC)CCSCc1ccc(-c2csc(-c3ccc(OC)c([N+](=O)[O-])c3)n2)cc1. The molecule has 0 saturated heterocycles. The number of aromatic nitrogens is 1. The van der Waals surface area contributed by atoms with Crippen LogP contribution in [-0.4, -0.2) is 47.3 Å². The van der Waals surface area contributed by atoms with Crippen LogP contribution in [0.4, 0.5) is 5.69 Å². The molecule has 164 valence electrons. The Balaban J connectivity index is 1.65. The van der Waals surface area contributed by atoms with Crippen LogP contribution in [0.15, 0.2) is 47.8 Å². The number of nitro benzene ring substituents is 1. The second kappa shape index (κ2) is 11.3. The summed E-state index contributed by atoms with van der Waals surface area (Å²) in [6.45, 7) is 7.73. The zero-order valence-electron chi connectivity index (χ0n) is 18.0. The van der Waals surface area contributed by atoms with Crippen molar-refractivity contribution in [3.8, 4) is 27.6 Å². The topological polar surface area (TPSA) is 68.5 Å². The third-order valence-electron chi connectivity index (χ3n) is 5.09. The highest BCUT2D eigenvalue weighted by atomic mass is 32.2. The fourth-order valence-corrected chi connectivity index (χ4v) is 4.99. The van der Waals surface area contributed by atoms with Crippen molar-refractivity contribution in [2.24, 2.45) is 0 Å². The van der Waals surface area contributed by atoms with Gasteiger partial charge in [-0.25, -0.2) is 4.98 Å². The largest absolute Gasteiger partial charge is 0.490 e. The van der Waals surface area contributed by atoms with Gasteiger partial charge in [0, 0.05) is 40.6 Å². The van der Waals surface area contributed by atoms with E-state index in [-0.39, 0.29) is 11.4 Å². The van der Waals surface area contributed by atoms with Crippen molar-refractivity contribution in [3.63, 3.8) is 0 Å². The third-order valence-corrected chi connectivity index (χ3v) is 6.99. The Labute approximate surface area is 191 Å². The van der Waals surface area contributed by atoms with E-state index >= 15 is 0 Å². The third kappa shape index (κ3) is 6.06. The highest BCUT2D eigenvalue weighted by molar-refractivity contribution is 7.98. The molecular formula is C23H27N3O3S2. The number of ether oxygens (including phenoxy) is 1. The summed E-state index contributed by atoms with van der Waals surface area (Å²) >= 11 is 3.43. The monoisotopic (exact) mass is 457 g/mol. The number of thiazole rings is 1. The number of benzene rings is 2. The minimum Gasteiger partial charge on any atom is -0.490 e. The van der Waals surface area contributed by atoms with E-state index in [4.69, 9.17) is 9.72 Å². The number of hydrogen-bond donors (Lipinski definition) is 0. The molecule has 0 unspecified atom stereocenters. The first-order chi connectivity index (χ1) is 15.0. The predicted molar refractivity (Wildman–Crippen MR) is 130 cm³/mol. The molecular weight excluding hydrogens is 430 g/mol. The maximum atomic E-state index is 11.3. The molecule has 3 rings (SSSR count). The zero-order valence-corrected chi connectivity index (χ0v) is 19.7. The lowest BCUT2D eigenvalue weighted by molar-refractivity contribution is -0.385. The molecule has 0 fully saturated rings. The summed E-state index contributed by atoms with van der Waals surface area (Å²) in [6.07, 6.45) is 0. The molecule has 3 aromatic rings. The van der Waals surface area contributed by atoms with Gasteiger partial charge in [0.2, 0.25) is 0 Å². The van der Waals surface area contributed by atoms with Gasteiger partial charge in [0.1, 0.15) is 5.01 Å². The molecule has 0 N–H and O–H groups in total. The Hall–Kier alpha value is -2.42. The first-order valence-corrected chi connectivity index (χ1v) is 12.3. The van der Waals surface area contributed by atoms with Gasteiger partial charge in [-0.3, -0.25) is 10.1 Å². The van der Waals surface area contributed by atoms with E-state index < -0.39 is 4.92 Å². The molecule has 0 atom stereocenters. The van der Waals surface area contributed by atoms with Gasteiger partial charge < -0.3 is 9.64 Å². The number of nitrogens with zero attached hydrogens (tertiary/aromatic N) is 3. The van der Waals surface area contributed by atoms with Crippen LogP contribution in [0, 0.1) is 10.1 Å². The number of rotatable bonds is 11. The molecule has 0 aliphatic heterocycles. The van der Waals surface area contributed by atoms with E-state index in [0.717, 1.165) is 47.4 Å². The van der Waals surface area contributed by atoms with Crippen molar-refractivity contribution >= 4 is 28.8 Å². The van der Waals surface area contributed by atoms with Crippen LogP contribution in [0.25, 0.3) is 21.8 Å². The van der Waals surface area contributed by atoms with Crippen LogP contribution in [0.3, 0.4) is 0 Å². The quantitative estimate of drug-likeness (QED) is 0.201. The van der Waals surface area contributed by atoms with Gasteiger partial charge in [-0.2, -0.15) is 11.8 Å². The van der Waals surface area contributed by atoms with E-state index in [0.29, 0.717) is 5.56 Å². The van der Waals surface area contributed by atoms with Crippen LogP contribution in [0.1, 0.15) is 19.4 Å². The molecule has 0 aliphatic rings. The summed E-state index contributed by atoms with van der Waals surface area (Å²) in [7, 11) is 1.43. The fraction of sp³-hybridized carbons (Fsp3) is 0.348. The van der Waals surface area contributed by atoms with Crippen molar-refractivity contribution in [1.82, 2.24) is 9.88 Å². The summed E-state index contributed by atoms with van der Waals surface area (Å²) in [5.74, 6) is 2.38. The standard InChI is InChI=1S/C23H27N3O3S2/c1-4-25(5-2)12-13-30-15-17-6-8-18(9-7-17)20-16-31-23(24-20)19-10-11-22(29-3)21(14-19)26(27)28/h6-11,14,16H,4-5,12-13,15H2,1-3H3. The summed E-state index contributed by atoms with van der Waals surface area (Å²) in [6, 6.07) is 13.4. The van der Waals surface area contributed by atoms with Gasteiger partial charge in [0.05, 0.1) is 17.7 Å². The van der Waals surface area contributed by atoms with Crippen molar-refractivity contribution in [1.29, 1.82) is 0 Å². The van der Waals surface area contributed by atoms with E-state index in [2.05, 4.69) is 43.0 Å². The van der Waals surface area contributed by atoms with Crippen molar-refractivity contribution in [2.75, 3.05) is 32.5 Å². The molecule has 6 nitrogen and oxygen atoms in total. The van der Waals surface area contributed by atoms with E-state index in [1.165, 1.54) is 30.1 Å². The molecule has 8 heteroatoms. The average molecular weight is 458 g/mol. The Morgan fingerprint density at radius 3 is 2.48 bits per heavy atom. The van der Waals surface area contributed by atoms with Crippen molar-refractivity contribution in [2.45, 2.75) is 19.6 Å². The highest BCUT2D eigenvalue weighted by Gasteiger charge is 2.17. The van der Waals surface area contributed by atoms with Gasteiger partial charge in [-0.1, -0.05) is 38.1 Å². The normalized spacial score (nSPS) is 11.1. The van der Waals surface area contributed by atoms with Crippen LogP contribution in [0.2, 0.25) is 0 Å². The fourth-order valence-electron chi connectivity index (χ4n) is 3.20. The minimum absolute atomic E-state index is 0.0559. The Morgan fingerprint density at radius 2 is 1.84 bits per heavy atom. The van der Waals surface area contributed by atoms with E-state index in [9.17, 15) is 10.1 Å². The molecule has 0 aliphatic carbocycles. The first kappa shape index (κ1) is 23.2. The number of nitro groups is 1. The van der Waals surface area contributed by atoms with Gasteiger partial charge in [-0.05, 0) is 30.8 Å². The maximum Gasteiger partial charge on any atom is 0.311 e. The summed E-state index contributed by atoms with van der Waals surface area (Å²) < 4.78 is 5.08. The first-order valence-electron chi connectivity index (χ1n) is 10.2. The van der Waals surface area contributed by atoms with Crippen molar-refractivity contribution in [3.05, 3.63) is 63.5 Å². The lowest BCUT2D eigenvalue weighted by Crippen LogP contribution is -2.25. The zero-order chi connectivity index (χ0) is 22.2.